The molecule has 0 amide bonds. The molecule has 3 aromatic rings. The van der Waals surface area contributed by atoms with Gasteiger partial charge in [-0.2, -0.15) is 9.36 Å². The number of ether oxygens (including phenoxy) is 2. The van der Waals surface area contributed by atoms with Crippen LogP contribution in [0.15, 0.2) is 35.1 Å². The van der Waals surface area contributed by atoms with E-state index in [0.717, 1.165) is 34.4 Å². The van der Waals surface area contributed by atoms with Crippen LogP contribution in [0.3, 0.4) is 0 Å². The van der Waals surface area contributed by atoms with Crippen molar-refractivity contribution < 1.29 is 19.4 Å². The molecule has 2 aromatic carbocycles. The van der Waals surface area contributed by atoms with Crippen molar-refractivity contribution in [2.45, 2.75) is 46.3 Å². The topological polar surface area (TPSA) is 108 Å². The number of rotatable bonds is 6. The third kappa shape index (κ3) is 3.90. The molecule has 2 heterocycles. The predicted molar refractivity (Wildman–Crippen MR) is 112 cm³/mol. The van der Waals surface area contributed by atoms with Crippen molar-refractivity contribution in [1.82, 2.24) is 19.8 Å². The molecule has 0 saturated carbocycles. The fourth-order valence-corrected chi connectivity index (χ4v) is 3.60. The molecule has 31 heavy (non-hydrogen) atoms. The maximum atomic E-state index is 12.9. The molecule has 9 nitrogen and oxygen atoms in total. The Labute approximate surface area is 178 Å². The Morgan fingerprint density at radius 3 is 2.58 bits per heavy atom. The molecular formula is C22H24N4O5. The Hall–Kier alpha value is -3.62. The molecule has 0 bridgehead atoms. The minimum absolute atomic E-state index is 0.233. The number of aromatic nitrogens is 4. The molecule has 1 aliphatic rings. The van der Waals surface area contributed by atoms with Gasteiger partial charge in [-0.05, 0) is 78.6 Å². The van der Waals surface area contributed by atoms with Gasteiger partial charge in [0.05, 0.1) is 18.8 Å². The molecule has 0 spiro atoms. The van der Waals surface area contributed by atoms with E-state index in [9.17, 15) is 14.7 Å². The Balaban J connectivity index is 1.59. The van der Waals surface area contributed by atoms with Gasteiger partial charge in [-0.15, -0.1) is 0 Å². The molecule has 0 saturated heterocycles. The molecule has 0 atom stereocenters. The highest BCUT2D eigenvalue weighted by Gasteiger charge is 2.30. The lowest BCUT2D eigenvalue weighted by Gasteiger charge is -2.24. The molecule has 162 valence electrons. The molecule has 1 aliphatic heterocycles. The first-order valence-corrected chi connectivity index (χ1v) is 9.97. The van der Waals surface area contributed by atoms with E-state index in [4.69, 9.17) is 9.47 Å². The minimum atomic E-state index is -1.35. The van der Waals surface area contributed by atoms with Gasteiger partial charge in [0.25, 0.3) is 0 Å². The Morgan fingerprint density at radius 2 is 1.90 bits per heavy atom. The Bertz CT molecular complexity index is 1200. The maximum Gasteiger partial charge on any atom is 0.368 e. The smallest absolute Gasteiger partial charge is 0.368 e. The van der Waals surface area contributed by atoms with E-state index in [-0.39, 0.29) is 12.2 Å². The van der Waals surface area contributed by atoms with E-state index in [1.54, 1.807) is 6.07 Å². The number of nitrogens with zero attached hydrogens (tertiary/aromatic N) is 4. The van der Waals surface area contributed by atoms with Gasteiger partial charge in [0.1, 0.15) is 11.5 Å². The van der Waals surface area contributed by atoms with Crippen LogP contribution < -0.4 is 15.2 Å². The standard InChI is InChI=1S/C22H24N4O5/c1-13-9-15(10-14(2)19(13)31-22(3,4)20(27)28)12-25-21(29)26(24-23-25)17-5-6-18-16(11-17)7-8-30-18/h5-6,9-11H,7-8,12H2,1-4H3,(H,27,28). The summed E-state index contributed by atoms with van der Waals surface area (Å²) in [5, 5.41) is 17.4. The van der Waals surface area contributed by atoms with E-state index >= 15 is 0 Å². The summed E-state index contributed by atoms with van der Waals surface area (Å²) in [7, 11) is 0. The first-order valence-electron chi connectivity index (χ1n) is 9.97. The van der Waals surface area contributed by atoms with Gasteiger partial charge in [-0.25, -0.2) is 9.59 Å². The Kier molecular flexibility index (Phi) is 5.04. The molecule has 4 rings (SSSR count). The summed E-state index contributed by atoms with van der Waals surface area (Å²) >= 11 is 0. The highest BCUT2D eigenvalue weighted by molar-refractivity contribution is 5.77. The van der Waals surface area contributed by atoms with Crippen LogP contribution in [-0.2, 0) is 17.8 Å². The lowest BCUT2D eigenvalue weighted by molar-refractivity contribution is -0.152. The van der Waals surface area contributed by atoms with Crippen LogP contribution in [0.1, 0.15) is 36.1 Å². The average Bonchev–Trinajstić information content (AvgIpc) is 3.31. The Morgan fingerprint density at radius 1 is 1.19 bits per heavy atom. The molecule has 1 aromatic heterocycles. The van der Waals surface area contributed by atoms with Crippen LogP contribution in [0.25, 0.3) is 5.69 Å². The summed E-state index contributed by atoms with van der Waals surface area (Å²) in [4.78, 5) is 24.2. The van der Waals surface area contributed by atoms with E-state index in [0.29, 0.717) is 18.0 Å². The summed E-state index contributed by atoms with van der Waals surface area (Å²) in [5.74, 6) is 0.313. The van der Waals surface area contributed by atoms with Gasteiger partial charge in [-0.3, -0.25) is 0 Å². The molecular weight excluding hydrogens is 400 g/mol. The van der Waals surface area contributed by atoms with Gasteiger partial charge in [-0.1, -0.05) is 12.1 Å². The number of carboxylic acid groups (broad SMARTS) is 1. The lowest BCUT2D eigenvalue weighted by Crippen LogP contribution is -2.38. The van der Waals surface area contributed by atoms with E-state index < -0.39 is 11.6 Å². The van der Waals surface area contributed by atoms with Crippen molar-refractivity contribution in [3.63, 3.8) is 0 Å². The predicted octanol–water partition coefficient (Wildman–Crippen LogP) is 2.27. The fraction of sp³-hybridized carbons (Fsp3) is 0.364. The van der Waals surface area contributed by atoms with Gasteiger partial charge in [0.2, 0.25) is 0 Å². The number of aryl methyl sites for hydroxylation is 2. The largest absolute Gasteiger partial charge is 0.493 e. The number of hydrogen-bond donors (Lipinski definition) is 1. The zero-order chi connectivity index (χ0) is 22.3. The number of fused-ring (bicyclic) bond motifs is 1. The zero-order valence-electron chi connectivity index (χ0n) is 17.9. The number of carboxylic acids is 1. The summed E-state index contributed by atoms with van der Waals surface area (Å²) in [6.07, 6.45) is 0.803. The van der Waals surface area contributed by atoms with Crippen LogP contribution in [0, 0.1) is 13.8 Å². The van der Waals surface area contributed by atoms with Crippen molar-refractivity contribution in [2.24, 2.45) is 0 Å². The lowest BCUT2D eigenvalue weighted by atomic mass is 10.0. The summed E-state index contributed by atoms with van der Waals surface area (Å²) in [6.45, 7) is 7.57. The van der Waals surface area contributed by atoms with Gasteiger partial charge in [0.15, 0.2) is 5.60 Å². The van der Waals surface area contributed by atoms with Crippen molar-refractivity contribution >= 4 is 5.97 Å². The summed E-state index contributed by atoms with van der Waals surface area (Å²) < 4.78 is 13.8. The van der Waals surface area contributed by atoms with Crippen LogP contribution in [0.4, 0.5) is 0 Å². The van der Waals surface area contributed by atoms with Crippen LogP contribution in [0.2, 0.25) is 0 Å². The number of benzene rings is 2. The van der Waals surface area contributed by atoms with E-state index in [1.165, 1.54) is 23.2 Å². The number of carbonyl (C=O) groups is 1. The minimum Gasteiger partial charge on any atom is -0.493 e. The molecule has 0 unspecified atom stereocenters. The summed E-state index contributed by atoms with van der Waals surface area (Å²) in [6, 6.07) is 9.24. The van der Waals surface area contributed by atoms with Crippen LogP contribution in [0.5, 0.6) is 11.5 Å². The van der Waals surface area contributed by atoms with Crippen molar-refractivity contribution in [1.29, 1.82) is 0 Å². The number of tetrazole rings is 1. The molecule has 1 N–H and O–H groups in total. The van der Waals surface area contributed by atoms with Crippen LogP contribution >= 0.6 is 0 Å². The van der Waals surface area contributed by atoms with Gasteiger partial charge >= 0.3 is 11.7 Å². The van der Waals surface area contributed by atoms with Gasteiger partial charge < -0.3 is 14.6 Å². The highest BCUT2D eigenvalue weighted by atomic mass is 16.5. The normalized spacial score (nSPS) is 13.0. The first kappa shape index (κ1) is 20.6. The molecule has 0 radical (unpaired) electrons. The first-order chi connectivity index (χ1) is 14.7. The average molecular weight is 424 g/mol. The van der Waals surface area contributed by atoms with Crippen molar-refractivity contribution in [3.05, 3.63) is 63.1 Å². The van der Waals surface area contributed by atoms with E-state index in [2.05, 4.69) is 10.4 Å². The van der Waals surface area contributed by atoms with Crippen LogP contribution in [-0.4, -0.2) is 43.1 Å². The molecule has 0 aliphatic carbocycles. The maximum absolute atomic E-state index is 12.9. The number of hydrogen-bond acceptors (Lipinski definition) is 6. The zero-order valence-corrected chi connectivity index (χ0v) is 17.9. The second-order valence-electron chi connectivity index (χ2n) is 8.20. The van der Waals surface area contributed by atoms with E-state index in [1.807, 2.05) is 38.1 Å². The molecule has 0 fully saturated rings. The number of aliphatic carboxylic acids is 1. The second-order valence-corrected chi connectivity index (χ2v) is 8.20. The fourth-order valence-electron chi connectivity index (χ4n) is 3.60. The highest BCUT2D eigenvalue weighted by Crippen LogP contribution is 2.29. The summed E-state index contributed by atoms with van der Waals surface area (Å²) in [5.41, 5.74) is 2.40. The molecule has 9 heteroatoms. The SMILES string of the molecule is Cc1cc(Cn2nnn(-c3ccc4c(c3)CCO4)c2=O)cc(C)c1OC(C)(C)C(=O)O. The third-order valence-electron chi connectivity index (χ3n) is 5.28. The van der Waals surface area contributed by atoms with Crippen molar-refractivity contribution in [2.75, 3.05) is 6.61 Å². The quantitative estimate of drug-likeness (QED) is 0.647. The third-order valence-corrected chi connectivity index (χ3v) is 5.28. The monoisotopic (exact) mass is 424 g/mol. The second kappa shape index (κ2) is 7.57. The van der Waals surface area contributed by atoms with Crippen molar-refractivity contribution in [3.8, 4) is 17.2 Å². The van der Waals surface area contributed by atoms with Gasteiger partial charge in [0, 0.05) is 6.42 Å².